The predicted molar refractivity (Wildman–Crippen MR) is 135 cm³/mol. The zero-order valence-electron chi connectivity index (χ0n) is 19.8. The summed E-state index contributed by atoms with van der Waals surface area (Å²) in [5.41, 5.74) is 7.45. The van der Waals surface area contributed by atoms with Crippen molar-refractivity contribution in [2.45, 2.75) is 31.9 Å². The SMILES string of the molecule is CC(C)(Cc1ccc(Oc2ncccc2C(N)=O)cc1)NC[C@H](O)COc1cccc2[nH]ccc12. The molecule has 0 fully saturated rings. The molecule has 4 aromatic rings. The molecule has 1 amide bonds. The standard InChI is InChI=1S/C27H30N4O4/c1-27(2,31-16-19(32)17-34-24-7-3-6-23-21(24)12-14-29-23)15-18-8-10-20(11-9-18)35-26-22(25(28)33)5-4-13-30-26/h3-14,19,29,31-32H,15-17H2,1-2H3,(H2,28,33)/t19-/m0/s1. The first-order valence-corrected chi connectivity index (χ1v) is 11.4. The van der Waals surface area contributed by atoms with Crippen LogP contribution in [0.2, 0.25) is 0 Å². The molecule has 0 aliphatic heterocycles. The Kier molecular flexibility index (Phi) is 7.33. The van der Waals surface area contributed by atoms with E-state index in [1.807, 2.05) is 54.7 Å². The first-order chi connectivity index (χ1) is 16.8. The molecular formula is C27H30N4O4. The molecule has 0 aliphatic rings. The van der Waals surface area contributed by atoms with E-state index >= 15 is 0 Å². The van der Waals surface area contributed by atoms with Gasteiger partial charge in [-0.1, -0.05) is 18.2 Å². The minimum Gasteiger partial charge on any atom is -0.490 e. The van der Waals surface area contributed by atoms with Gasteiger partial charge in [-0.25, -0.2) is 4.98 Å². The number of carbonyl (C=O) groups is 1. The van der Waals surface area contributed by atoms with Crippen molar-refractivity contribution >= 4 is 16.8 Å². The topological polar surface area (TPSA) is 122 Å². The average Bonchev–Trinajstić information content (AvgIpc) is 3.32. The van der Waals surface area contributed by atoms with E-state index in [4.69, 9.17) is 15.2 Å². The van der Waals surface area contributed by atoms with Gasteiger partial charge in [0.2, 0.25) is 5.88 Å². The molecule has 35 heavy (non-hydrogen) atoms. The Morgan fingerprint density at radius 2 is 1.94 bits per heavy atom. The molecule has 2 aromatic heterocycles. The van der Waals surface area contributed by atoms with Crippen LogP contribution in [0.25, 0.3) is 10.9 Å². The number of amides is 1. The van der Waals surface area contributed by atoms with Gasteiger partial charge < -0.3 is 30.6 Å². The summed E-state index contributed by atoms with van der Waals surface area (Å²) >= 11 is 0. The number of carbonyl (C=O) groups excluding carboxylic acids is 1. The summed E-state index contributed by atoms with van der Waals surface area (Å²) in [6, 6.07) is 18.6. The molecule has 182 valence electrons. The number of aromatic amines is 1. The van der Waals surface area contributed by atoms with Crippen molar-refractivity contribution in [3.05, 3.63) is 84.2 Å². The number of rotatable bonds is 11. The number of fused-ring (bicyclic) bond motifs is 1. The number of nitrogens with one attached hydrogen (secondary N) is 2. The fourth-order valence-corrected chi connectivity index (χ4v) is 3.84. The van der Waals surface area contributed by atoms with Gasteiger partial charge in [0.1, 0.15) is 29.8 Å². The second-order valence-corrected chi connectivity index (χ2v) is 9.07. The molecule has 8 heteroatoms. The first-order valence-electron chi connectivity index (χ1n) is 11.4. The van der Waals surface area contributed by atoms with Gasteiger partial charge >= 0.3 is 0 Å². The summed E-state index contributed by atoms with van der Waals surface area (Å²) in [5, 5.41) is 14.9. The zero-order chi connectivity index (χ0) is 24.8. The third-order valence-electron chi connectivity index (χ3n) is 5.62. The number of aromatic nitrogens is 2. The largest absolute Gasteiger partial charge is 0.490 e. The van der Waals surface area contributed by atoms with Gasteiger partial charge in [-0.3, -0.25) is 4.79 Å². The van der Waals surface area contributed by atoms with E-state index in [0.29, 0.717) is 12.3 Å². The van der Waals surface area contributed by atoms with Gasteiger partial charge in [0.15, 0.2) is 0 Å². The second kappa shape index (κ2) is 10.6. The number of aliphatic hydroxyl groups excluding tert-OH is 1. The number of H-pyrrole nitrogens is 1. The van der Waals surface area contributed by atoms with Crippen molar-refractivity contribution in [1.29, 1.82) is 0 Å². The highest BCUT2D eigenvalue weighted by Gasteiger charge is 2.20. The highest BCUT2D eigenvalue weighted by atomic mass is 16.5. The highest BCUT2D eigenvalue weighted by molar-refractivity contribution is 5.95. The molecular weight excluding hydrogens is 444 g/mol. The van der Waals surface area contributed by atoms with Crippen molar-refractivity contribution < 1.29 is 19.4 Å². The molecule has 0 aliphatic carbocycles. The summed E-state index contributed by atoms with van der Waals surface area (Å²) in [6.07, 6.45) is 3.49. The molecule has 0 unspecified atom stereocenters. The fraction of sp³-hybridized carbons (Fsp3) is 0.259. The van der Waals surface area contributed by atoms with Gasteiger partial charge in [0.25, 0.3) is 5.91 Å². The van der Waals surface area contributed by atoms with Crippen molar-refractivity contribution in [2.24, 2.45) is 5.73 Å². The Morgan fingerprint density at radius 3 is 2.71 bits per heavy atom. The molecule has 2 heterocycles. The third kappa shape index (κ3) is 6.38. The lowest BCUT2D eigenvalue weighted by atomic mass is 9.94. The van der Waals surface area contributed by atoms with Crippen molar-refractivity contribution in [3.8, 4) is 17.4 Å². The maximum absolute atomic E-state index is 11.6. The van der Waals surface area contributed by atoms with Gasteiger partial charge in [0, 0.05) is 35.4 Å². The predicted octanol–water partition coefficient (Wildman–Crippen LogP) is 3.80. The van der Waals surface area contributed by atoms with Crippen LogP contribution in [0.1, 0.15) is 29.8 Å². The minimum atomic E-state index is -0.655. The molecule has 0 radical (unpaired) electrons. The molecule has 8 nitrogen and oxygen atoms in total. The zero-order valence-corrected chi connectivity index (χ0v) is 19.8. The molecule has 2 aromatic carbocycles. The molecule has 0 spiro atoms. The average molecular weight is 475 g/mol. The van der Waals surface area contributed by atoms with Crippen LogP contribution >= 0.6 is 0 Å². The quantitative estimate of drug-likeness (QED) is 0.262. The maximum Gasteiger partial charge on any atom is 0.254 e. The van der Waals surface area contributed by atoms with E-state index < -0.39 is 12.0 Å². The van der Waals surface area contributed by atoms with Crippen LogP contribution in [-0.2, 0) is 6.42 Å². The Balaban J connectivity index is 1.28. The van der Waals surface area contributed by atoms with Crippen LogP contribution in [-0.4, -0.2) is 45.8 Å². The second-order valence-electron chi connectivity index (χ2n) is 9.07. The number of aliphatic hydroxyl groups is 1. The van der Waals surface area contributed by atoms with Gasteiger partial charge in [-0.2, -0.15) is 0 Å². The summed E-state index contributed by atoms with van der Waals surface area (Å²) in [6.45, 7) is 4.75. The normalized spacial score (nSPS) is 12.4. The first kappa shape index (κ1) is 24.3. The van der Waals surface area contributed by atoms with E-state index in [0.717, 1.165) is 28.6 Å². The number of nitrogens with two attached hydrogens (primary N) is 1. The Bertz CT molecular complexity index is 1280. The highest BCUT2D eigenvalue weighted by Crippen LogP contribution is 2.25. The van der Waals surface area contributed by atoms with Crippen LogP contribution in [0, 0.1) is 0 Å². The summed E-state index contributed by atoms with van der Waals surface area (Å²) in [7, 11) is 0. The molecule has 0 saturated carbocycles. The number of hydrogen-bond acceptors (Lipinski definition) is 6. The van der Waals surface area contributed by atoms with Crippen molar-refractivity contribution in [2.75, 3.05) is 13.2 Å². The lowest BCUT2D eigenvalue weighted by Crippen LogP contribution is -2.46. The van der Waals surface area contributed by atoms with Gasteiger partial charge in [-0.15, -0.1) is 0 Å². The monoisotopic (exact) mass is 474 g/mol. The molecule has 0 saturated heterocycles. The lowest BCUT2D eigenvalue weighted by molar-refractivity contribution is 0.0995. The molecule has 4 rings (SSSR count). The Hall–Kier alpha value is -3.88. The number of pyridine rings is 1. The summed E-state index contributed by atoms with van der Waals surface area (Å²) in [4.78, 5) is 18.8. The Labute approximate surface area is 204 Å². The Morgan fingerprint density at radius 1 is 1.14 bits per heavy atom. The van der Waals surface area contributed by atoms with Gasteiger partial charge in [-0.05, 0) is 68.3 Å². The number of nitrogens with zero attached hydrogens (tertiary/aromatic N) is 1. The van der Waals surface area contributed by atoms with Crippen molar-refractivity contribution in [3.63, 3.8) is 0 Å². The van der Waals surface area contributed by atoms with Gasteiger partial charge in [0.05, 0.1) is 0 Å². The summed E-state index contributed by atoms with van der Waals surface area (Å²) < 4.78 is 11.6. The third-order valence-corrected chi connectivity index (χ3v) is 5.62. The van der Waals surface area contributed by atoms with E-state index in [2.05, 4.69) is 29.1 Å². The van der Waals surface area contributed by atoms with E-state index in [-0.39, 0.29) is 23.6 Å². The number of ether oxygens (including phenoxy) is 2. The van der Waals surface area contributed by atoms with Crippen LogP contribution < -0.4 is 20.5 Å². The molecule has 5 N–H and O–H groups in total. The smallest absolute Gasteiger partial charge is 0.254 e. The van der Waals surface area contributed by atoms with Crippen molar-refractivity contribution in [1.82, 2.24) is 15.3 Å². The maximum atomic E-state index is 11.6. The van der Waals surface area contributed by atoms with Crippen LogP contribution in [0.5, 0.6) is 17.4 Å². The van der Waals surface area contributed by atoms with E-state index in [1.165, 1.54) is 0 Å². The van der Waals surface area contributed by atoms with Crippen LogP contribution in [0.3, 0.4) is 0 Å². The van der Waals surface area contributed by atoms with Crippen LogP contribution in [0.15, 0.2) is 73.1 Å². The van der Waals surface area contributed by atoms with E-state index in [1.54, 1.807) is 18.3 Å². The lowest BCUT2D eigenvalue weighted by Gasteiger charge is -2.28. The number of hydrogen-bond donors (Lipinski definition) is 4. The number of primary amides is 1. The fourth-order valence-electron chi connectivity index (χ4n) is 3.84. The molecule has 1 atom stereocenters. The summed E-state index contributed by atoms with van der Waals surface area (Å²) in [5.74, 6) is 0.897. The number of benzene rings is 2. The van der Waals surface area contributed by atoms with Crippen LogP contribution in [0.4, 0.5) is 0 Å². The molecule has 0 bridgehead atoms. The number of β-amino-alcohol motifs (C(OH)–C–C–N with tert-alkyl or cyclic N) is 1. The van der Waals surface area contributed by atoms with E-state index in [9.17, 15) is 9.90 Å². The minimum absolute atomic E-state index is 0.179.